The van der Waals surface area contributed by atoms with E-state index in [2.05, 4.69) is 9.98 Å². The molecule has 4 rings (SSSR count). The highest BCUT2D eigenvalue weighted by Crippen LogP contribution is 2.29. The average Bonchev–Trinajstić information content (AvgIpc) is 3.70. The highest BCUT2D eigenvalue weighted by Gasteiger charge is 2.26. The van der Waals surface area contributed by atoms with E-state index in [4.69, 9.17) is 21.1 Å². The molecule has 0 saturated heterocycles. The predicted octanol–water partition coefficient (Wildman–Crippen LogP) is 3.43. The molecule has 1 aliphatic carbocycles. The second-order valence-corrected chi connectivity index (χ2v) is 9.47. The van der Waals surface area contributed by atoms with E-state index in [1.165, 1.54) is 24.5 Å². The number of nitrogens with zero attached hydrogens (tertiary/aromatic N) is 3. The van der Waals surface area contributed by atoms with Crippen molar-refractivity contribution in [1.82, 2.24) is 14.1 Å². The van der Waals surface area contributed by atoms with Crippen molar-refractivity contribution in [3.05, 3.63) is 85.7 Å². The third kappa shape index (κ3) is 5.96. The van der Waals surface area contributed by atoms with E-state index < -0.39 is 29.3 Å². The van der Waals surface area contributed by atoms with Crippen molar-refractivity contribution in [3.63, 3.8) is 0 Å². The first-order valence-corrected chi connectivity index (χ1v) is 12.2. The molecule has 0 spiro atoms. The maximum absolute atomic E-state index is 13.6. The van der Waals surface area contributed by atoms with Gasteiger partial charge in [0.1, 0.15) is 5.75 Å². The summed E-state index contributed by atoms with van der Waals surface area (Å²) in [6, 6.07) is 13.4. The number of carbonyl (C=O) groups is 1. The standard InChI is InChI=1S/C26H29ClN4O5/c1-16(23(32)35-3)17(2)31-25(33)29-24(30(26(31)34)14-18-6-8-20(27)9-7-18)28-21-10-12-22(13-11-21)36-15-19-4-5-19/h6-13,16-17,19H,4-5,14-15H2,1-3H3,(H,28,29,33)/t16-,17+/m1/s1. The lowest BCUT2D eigenvalue weighted by molar-refractivity contribution is -0.146. The van der Waals surface area contributed by atoms with Crippen molar-refractivity contribution in [3.8, 4) is 5.75 Å². The second-order valence-electron chi connectivity index (χ2n) is 9.03. The fourth-order valence-corrected chi connectivity index (χ4v) is 3.86. The van der Waals surface area contributed by atoms with Crippen molar-refractivity contribution >= 4 is 23.3 Å². The molecule has 0 aliphatic heterocycles. The van der Waals surface area contributed by atoms with Gasteiger partial charge in [0.2, 0.25) is 5.62 Å². The van der Waals surface area contributed by atoms with Crippen molar-refractivity contribution < 1.29 is 14.3 Å². The molecule has 0 unspecified atom stereocenters. The predicted molar refractivity (Wildman–Crippen MR) is 136 cm³/mol. The molecule has 1 fully saturated rings. The number of hydrogen-bond acceptors (Lipinski definition) is 6. The molecule has 2 atom stereocenters. The van der Waals surface area contributed by atoms with E-state index >= 15 is 0 Å². The summed E-state index contributed by atoms with van der Waals surface area (Å²) in [5.74, 6) is 0.144. The van der Waals surface area contributed by atoms with Crippen LogP contribution in [0.1, 0.15) is 38.3 Å². The van der Waals surface area contributed by atoms with E-state index in [0.29, 0.717) is 23.2 Å². The Morgan fingerprint density at radius 3 is 2.39 bits per heavy atom. The van der Waals surface area contributed by atoms with Gasteiger partial charge in [0.15, 0.2) is 0 Å². The van der Waals surface area contributed by atoms with Crippen molar-refractivity contribution in [2.45, 2.75) is 39.3 Å². The molecule has 0 radical (unpaired) electrons. The number of methoxy groups -OCH3 is 1. The van der Waals surface area contributed by atoms with Crippen LogP contribution in [0, 0.1) is 11.8 Å². The Morgan fingerprint density at radius 2 is 1.78 bits per heavy atom. The van der Waals surface area contributed by atoms with E-state index in [-0.39, 0.29) is 12.2 Å². The van der Waals surface area contributed by atoms with Gasteiger partial charge >= 0.3 is 17.3 Å². The number of benzene rings is 2. The molecule has 10 heteroatoms. The number of H-pyrrole nitrogens is 1. The molecule has 1 aliphatic rings. The first-order valence-electron chi connectivity index (χ1n) is 11.8. The van der Waals surface area contributed by atoms with Gasteiger partial charge in [-0.15, -0.1) is 0 Å². The molecule has 36 heavy (non-hydrogen) atoms. The van der Waals surface area contributed by atoms with Crippen LogP contribution in [0.3, 0.4) is 0 Å². The van der Waals surface area contributed by atoms with E-state index in [9.17, 15) is 14.4 Å². The topological polar surface area (TPSA) is 108 Å². The Morgan fingerprint density at radius 1 is 1.11 bits per heavy atom. The summed E-state index contributed by atoms with van der Waals surface area (Å²) in [7, 11) is 1.27. The monoisotopic (exact) mass is 512 g/mol. The number of rotatable bonds is 9. The van der Waals surface area contributed by atoms with Gasteiger partial charge in [-0.2, -0.15) is 0 Å². The maximum Gasteiger partial charge on any atom is 0.335 e. The molecular weight excluding hydrogens is 484 g/mol. The molecule has 3 aromatic rings. The number of carbonyl (C=O) groups excluding carboxylic acids is 1. The van der Waals surface area contributed by atoms with Crippen LogP contribution in [0.2, 0.25) is 5.02 Å². The minimum absolute atomic E-state index is 0.0840. The van der Waals surface area contributed by atoms with Gasteiger partial charge in [-0.1, -0.05) is 23.7 Å². The van der Waals surface area contributed by atoms with E-state index in [1.807, 2.05) is 12.1 Å². The van der Waals surface area contributed by atoms with Gasteiger partial charge in [-0.05, 0) is 74.6 Å². The summed E-state index contributed by atoms with van der Waals surface area (Å²) >= 11 is 6.01. The van der Waals surface area contributed by atoms with Crippen LogP contribution in [0.5, 0.6) is 5.75 Å². The number of aromatic amines is 1. The summed E-state index contributed by atoms with van der Waals surface area (Å²) in [5, 5.41) is 0.567. The summed E-state index contributed by atoms with van der Waals surface area (Å²) < 4.78 is 13.0. The van der Waals surface area contributed by atoms with Crippen LogP contribution in [0.25, 0.3) is 0 Å². The number of esters is 1. The van der Waals surface area contributed by atoms with Gasteiger partial charge in [-0.25, -0.2) is 19.1 Å². The molecule has 1 saturated carbocycles. The Balaban J connectivity index is 1.76. The zero-order valence-corrected chi connectivity index (χ0v) is 21.2. The highest BCUT2D eigenvalue weighted by atomic mass is 35.5. The summed E-state index contributed by atoms with van der Waals surface area (Å²) in [5.41, 5.74) is 0.149. The Kier molecular flexibility index (Phi) is 7.79. The van der Waals surface area contributed by atoms with Gasteiger partial charge < -0.3 is 9.47 Å². The van der Waals surface area contributed by atoms with Crippen molar-refractivity contribution in [2.24, 2.45) is 16.8 Å². The zero-order chi connectivity index (χ0) is 25.8. The lowest BCUT2D eigenvalue weighted by Gasteiger charge is -2.20. The molecule has 0 bridgehead atoms. The number of hydrogen-bond donors (Lipinski definition) is 1. The second kappa shape index (κ2) is 11.0. The molecule has 0 amide bonds. The summed E-state index contributed by atoms with van der Waals surface area (Å²) in [6.45, 7) is 4.07. The van der Waals surface area contributed by atoms with E-state index in [0.717, 1.165) is 15.9 Å². The van der Waals surface area contributed by atoms with Crippen molar-refractivity contribution in [2.75, 3.05) is 13.7 Å². The lowest BCUT2D eigenvalue weighted by Crippen LogP contribution is -2.52. The first kappa shape index (κ1) is 25.5. The fourth-order valence-electron chi connectivity index (χ4n) is 3.74. The summed E-state index contributed by atoms with van der Waals surface area (Å²) in [6.07, 6.45) is 2.41. The van der Waals surface area contributed by atoms with Crippen LogP contribution in [-0.2, 0) is 16.1 Å². The first-order chi connectivity index (χ1) is 17.3. The number of ether oxygens (including phenoxy) is 2. The lowest BCUT2D eigenvalue weighted by atomic mass is 10.0. The zero-order valence-electron chi connectivity index (χ0n) is 20.4. The van der Waals surface area contributed by atoms with E-state index in [1.54, 1.807) is 50.2 Å². The molecule has 2 aromatic carbocycles. The highest BCUT2D eigenvalue weighted by molar-refractivity contribution is 6.30. The minimum atomic E-state index is -0.748. The van der Waals surface area contributed by atoms with Crippen LogP contribution in [-0.4, -0.2) is 33.8 Å². The van der Waals surface area contributed by atoms with Gasteiger partial charge in [-0.3, -0.25) is 14.3 Å². The molecule has 9 nitrogen and oxygen atoms in total. The Labute approximate surface area is 213 Å². The maximum atomic E-state index is 13.6. The quantitative estimate of drug-likeness (QED) is 0.442. The molecule has 1 aromatic heterocycles. The van der Waals surface area contributed by atoms with Gasteiger partial charge in [0.25, 0.3) is 0 Å². The number of aromatic nitrogens is 3. The van der Waals surface area contributed by atoms with Crippen LogP contribution in [0.15, 0.2) is 63.1 Å². The molecule has 190 valence electrons. The normalized spacial score (nSPS) is 15.4. The van der Waals surface area contributed by atoms with Crippen LogP contribution < -0.4 is 21.7 Å². The van der Waals surface area contributed by atoms with Gasteiger partial charge in [0.05, 0.1) is 37.9 Å². The van der Waals surface area contributed by atoms with Gasteiger partial charge in [0, 0.05) is 5.02 Å². The SMILES string of the molecule is COC(=O)[C@H](C)[C@H](C)n1c(=O)[nH]/c(=N\c2ccc(OCC3CC3)cc2)n(Cc2ccc(Cl)cc2)c1=O. The number of nitrogens with one attached hydrogen (secondary N) is 1. The largest absolute Gasteiger partial charge is 0.493 e. The Hall–Kier alpha value is -3.59. The minimum Gasteiger partial charge on any atom is -0.493 e. The third-order valence-electron chi connectivity index (χ3n) is 6.34. The molecule has 1 N–H and O–H groups in total. The molecular formula is C26H29ClN4O5. The smallest absolute Gasteiger partial charge is 0.335 e. The number of halogens is 1. The average molecular weight is 513 g/mol. The molecule has 1 heterocycles. The van der Waals surface area contributed by atoms with Crippen molar-refractivity contribution in [1.29, 1.82) is 0 Å². The summed E-state index contributed by atoms with van der Waals surface area (Å²) in [4.78, 5) is 45.9. The van der Waals surface area contributed by atoms with Crippen LogP contribution in [0.4, 0.5) is 5.69 Å². The third-order valence-corrected chi connectivity index (χ3v) is 6.59. The van der Waals surface area contributed by atoms with Crippen LogP contribution >= 0.6 is 11.6 Å². The fraction of sp³-hybridized carbons (Fsp3) is 0.385. The Bertz CT molecular complexity index is 1400.